The van der Waals surface area contributed by atoms with Crippen LogP contribution in [0.15, 0.2) is 36.7 Å². The van der Waals surface area contributed by atoms with E-state index < -0.39 is 0 Å². The maximum atomic E-state index is 12.6. The highest BCUT2D eigenvalue weighted by atomic mass is 35.5. The monoisotopic (exact) mass is 332 g/mol. The van der Waals surface area contributed by atoms with Crippen LogP contribution < -0.4 is 14.8 Å². The quantitative estimate of drug-likeness (QED) is 0.874. The Hall–Kier alpha value is -2.27. The van der Waals surface area contributed by atoms with E-state index in [9.17, 15) is 4.79 Å². The lowest BCUT2D eigenvalue weighted by molar-refractivity contribution is 0.102. The average Bonchev–Trinajstić information content (AvgIpc) is 3.37. The molecule has 1 amide bonds. The van der Waals surface area contributed by atoms with Crippen molar-refractivity contribution in [3.8, 4) is 11.5 Å². The van der Waals surface area contributed by atoms with Gasteiger partial charge in [-0.2, -0.15) is 0 Å². The first-order valence-electron chi connectivity index (χ1n) is 7.39. The van der Waals surface area contributed by atoms with Crippen molar-refractivity contribution in [1.29, 1.82) is 0 Å². The number of carbonyl (C=O) groups is 1. The molecule has 0 unspecified atom stereocenters. The second-order valence-electron chi connectivity index (χ2n) is 5.40. The number of ether oxygens (including phenoxy) is 2. The van der Waals surface area contributed by atoms with Crippen molar-refractivity contribution < 1.29 is 14.3 Å². The van der Waals surface area contributed by atoms with Gasteiger partial charge in [-0.15, -0.1) is 0 Å². The Morgan fingerprint density at radius 2 is 2.17 bits per heavy atom. The Labute approximate surface area is 139 Å². The van der Waals surface area contributed by atoms with Crippen molar-refractivity contribution in [2.75, 3.05) is 19.0 Å². The van der Waals surface area contributed by atoms with Gasteiger partial charge in [0.15, 0.2) is 0 Å². The predicted molar refractivity (Wildman–Crippen MR) is 88.4 cm³/mol. The van der Waals surface area contributed by atoms with Crippen LogP contribution in [-0.2, 0) is 0 Å². The van der Waals surface area contributed by atoms with Crippen molar-refractivity contribution in [3.63, 3.8) is 0 Å². The third-order valence-electron chi connectivity index (χ3n) is 3.62. The zero-order valence-electron chi connectivity index (χ0n) is 12.7. The van der Waals surface area contributed by atoms with E-state index in [1.165, 1.54) is 26.1 Å². The SMILES string of the molecule is COc1ccncc1NC(=O)c1c(Cl)cccc1OCC1CC1. The van der Waals surface area contributed by atoms with E-state index >= 15 is 0 Å². The summed E-state index contributed by atoms with van der Waals surface area (Å²) in [5, 5.41) is 3.12. The molecule has 1 fully saturated rings. The van der Waals surface area contributed by atoms with Gasteiger partial charge in [0.1, 0.15) is 22.7 Å². The van der Waals surface area contributed by atoms with Crippen LogP contribution in [0.1, 0.15) is 23.2 Å². The second kappa shape index (κ2) is 6.87. The largest absolute Gasteiger partial charge is 0.494 e. The number of hydrogen-bond donors (Lipinski definition) is 1. The Morgan fingerprint density at radius 3 is 2.91 bits per heavy atom. The molecule has 1 aromatic carbocycles. The van der Waals surface area contributed by atoms with Crippen molar-refractivity contribution in [1.82, 2.24) is 4.98 Å². The lowest BCUT2D eigenvalue weighted by atomic mass is 10.1. The number of benzene rings is 1. The third kappa shape index (κ3) is 3.74. The Kier molecular flexibility index (Phi) is 4.67. The minimum Gasteiger partial charge on any atom is -0.494 e. The zero-order chi connectivity index (χ0) is 16.2. The molecule has 3 rings (SSSR count). The molecule has 23 heavy (non-hydrogen) atoms. The summed E-state index contributed by atoms with van der Waals surface area (Å²) >= 11 is 6.21. The van der Waals surface area contributed by atoms with Gasteiger partial charge in [0.25, 0.3) is 5.91 Å². The molecule has 1 saturated carbocycles. The van der Waals surface area contributed by atoms with Crippen LogP contribution in [-0.4, -0.2) is 24.6 Å². The van der Waals surface area contributed by atoms with Crippen molar-refractivity contribution >= 4 is 23.2 Å². The molecule has 1 aromatic heterocycles. The van der Waals surface area contributed by atoms with Crippen LogP contribution in [0.3, 0.4) is 0 Å². The van der Waals surface area contributed by atoms with Crippen LogP contribution >= 0.6 is 11.6 Å². The number of carbonyl (C=O) groups excluding carboxylic acids is 1. The summed E-state index contributed by atoms with van der Waals surface area (Å²) in [6.45, 7) is 0.608. The molecule has 0 atom stereocenters. The topological polar surface area (TPSA) is 60.5 Å². The summed E-state index contributed by atoms with van der Waals surface area (Å²) in [5.74, 6) is 1.25. The molecule has 2 aromatic rings. The number of methoxy groups -OCH3 is 1. The smallest absolute Gasteiger partial charge is 0.261 e. The van der Waals surface area contributed by atoms with Crippen molar-refractivity contribution in [2.45, 2.75) is 12.8 Å². The molecule has 6 heteroatoms. The average molecular weight is 333 g/mol. The number of hydrogen-bond acceptors (Lipinski definition) is 4. The number of anilines is 1. The molecule has 0 aliphatic heterocycles. The van der Waals surface area contributed by atoms with Gasteiger partial charge in [-0.25, -0.2) is 0 Å². The summed E-state index contributed by atoms with van der Waals surface area (Å²) in [6, 6.07) is 6.86. The first-order chi connectivity index (χ1) is 11.2. The van der Waals surface area contributed by atoms with E-state index in [1.807, 2.05) is 0 Å². The summed E-state index contributed by atoms with van der Waals surface area (Å²) in [5.41, 5.74) is 0.800. The highest BCUT2D eigenvalue weighted by Crippen LogP contribution is 2.33. The first kappa shape index (κ1) is 15.6. The molecular weight excluding hydrogens is 316 g/mol. The molecule has 1 heterocycles. The van der Waals surface area contributed by atoms with Gasteiger partial charge >= 0.3 is 0 Å². The molecule has 5 nitrogen and oxygen atoms in total. The molecule has 1 aliphatic carbocycles. The molecule has 1 aliphatic rings. The molecule has 0 bridgehead atoms. The van der Waals surface area contributed by atoms with Gasteiger partial charge in [-0.05, 0) is 30.9 Å². The van der Waals surface area contributed by atoms with E-state index in [0.717, 1.165) is 0 Å². The van der Waals surface area contributed by atoms with Crippen LogP contribution in [0, 0.1) is 5.92 Å². The Morgan fingerprint density at radius 1 is 1.35 bits per heavy atom. The zero-order valence-corrected chi connectivity index (χ0v) is 13.5. The molecule has 0 spiro atoms. The Balaban J connectivity index is 1.83. The van der Waals surface area contributed by atoms with Gasteiger partial charge in [0, 0.05) is 12.3 Å². The second-order valence-corrected chi connectivity index (χ2v) is 5.80. The number of halogens is 1. The number of nitrogens with one attached hydrogen (secondary N) is 1. The maximum absolute atomic E-state index is 12.6. The van der Waals surface area contributed by atoms with Crippen LogP contribution in [0.5, 0.6) is 11.5 Å². The minimum atomic E-state index is -0.354. The summed E-state index contributed by atoms with van der Waals surface area (Å²) in [7, 11) is 1.53. The molecule has 1 N–H and O–H groups in total. The first-order valence-corrected chi connectivity index (χ1v) is 7.77. The molecule has 0 saturated heterocycles. The molecule has 120 valence electrons. The van der Waals surface area contributed by atoms with E-state index in [1.54, 1.807) is 30.5 Å². The van der Waals surface area contributed by atoms with Gasteiger partial charge in [0.2, 0.25) is 0 Å². The summed E-state index contributed by atoms with van der Waals surface area (Å²) in [6.07, 6.45) is 5.47. The Bertz CT molecular complexity index is 717. The highest BCUT2D eigenvalue weighted by molar-refractivity contribution is 6.35. The normalized spacial score (nSPS) is 13.5. The van der Waals surface area contributed by atoms with E-state index in [-0.39, 0.29) is 5.91 Å². The number of amides is 1. The maximum Gasteiger partial charge on any atom is 0.261 e. The fraction of sp³-hybridized carbons (Fsp3) is 0.294. The highest BCUT2D eigenvalue weighted by Gasteiger charge is 2.24. The number of pyridine rings is 1. The van der Waals surface area contributed by atoms with E-state index in [4.69, 9.17) is 21.1 Å². The van der Waals surface area contributed by atoms with Crippen LogP contribution in [0.2, 0.25) is 5.02 Å². The van der Waals surface area contributed by atoms with Crippen LogP contribution in [0.4, 0.5) is 5.69 Å². The van der Waals surface area contributed by atoms with E-state index in [2.05, 4.69) is 10.3 Å². The summed E-state index contributed by atoms with van der Waals surface area (Å²) in [4.78, 5) is 16.6. The fourth-order valence-electron chi connectivity index (χ4n) is 2.18. The number of rotatable bonds is 6. The van der Waals surface area contributed by atoms with Crippen molar-refractivity contribution in [2.24, 2.45) is 5.92 Å². The van der Waals surface area contributed by atoms with Gasteiger partial charge < -0.3 is 14.8 Å². The summed E-state index contributed by atoms with van der Waals surface area (Å²) < 4.78 is 11.0. The van der Waals surface area contributed by atoms with Gasteiger partial charge in [-0.3, -0.25) is 9.78 Å². The fourth-order valence-corrected chi connectivity index (χ4v) is 2.43. The number of nitrogens with zero attached hydrogens (tertiary/aromatic N) is 1. The third-order valence-corrected chi connectivity index (χ3v) is 3.94. The predicted octanol–water partition coefficient (Wildman–Crippen LogP) is 3.78. The standard InChI is InChI=1S/C17H17ClN2O3/c1-22-14-7-8-19-9-13(14)20-17(21)16-12(18)3-2-4-15(16)23-10-11-5-6-11/h2-4,7-9,11H,5-6,10H2,1H3,(H,20,21). The minimum absolute atomic E-state index is 0.320. The lowest BCUT2D eigenvalue weighted by Gasteiger charge is -2.14. The van der Waals surface area contributed by atoms with Gasteiger partial charge in [0.05, 0.1) is 24.9 Å². The van der Waals surface area contributed by atoms with Crippen LogP contribution in [0.25, 0.3) is 0 Å². The lowest BCUT2D eigenvalue weighted by Crippen LogP contribution is -2.15. The number of aromatic nitrogens is 1. The van der Waals surface area contributed by atoms with E-state index in [0.29, 0.717) is 40.3 Å². The van der Waals surface area contributed by atoms with Crippen molar-refractivity contribution in [3.05, 3.63) is 47.2 Å². The molecule has 0 radical (unpaired) electrons. The molecular formula is C17H17ClN2O3. The van der Waals surface area contributed by atoms with Gasteiger partial charge in [-0.1, -0.05) is 17.7 Å².